The number of carbonyl (C=O) groups excluding carboxylic acids is 1. The van der Waals surface area contributed by atoms with Crippen molar-refractivity contribution in [2.45, 2.75) is 25.9 Å². The van der Waals surface area contributed by atoms with Crippen molar-refractivity contribution in [2.75, 3.05) is 32.1 Å². The Hall–Kier alpha value is -1.69. The molecule has 1 aromatic rings. The third-order valence-electron chi connectivity index (χ3n) is 3.28. The van der Waals surface area contributed by atoms with Gasteiger partial charge in [-0.05, 0) is 19.8 Å². The van der Waals surface area contributed by atoms with Crippen LogP contribution in [0, 0.1) is 6.92 Å². The lowest BCUT2D eigenvalue weighted by atomic mass is 10.1. The van der Waals surface area contributed by atoms with Gasteiger partial charge in [0, 0.05) is 33.4 Å². The van der Waals surface area contributed by atoms with Crippen molar-refractivity contribution in [2.24, 2.45) is 0 Å². The maximum absolute atomic E-state index is 12.4. The number of anilines is 1. The summed E-state index contributed by atoms with van der Waals surface area (Å²) in [4.78, 5) is 24.3. The van der Waals surface area contributed by atoms with Crippen LogP contribution in [-0.4, -0.2) is 59.2 Å². The van der Waals surface area contributed by atoms with Crippen molar-refractivity contribution in [1.29, 1.82) is 0 Å². The summed E-state index contributed by atoms with van der Waals surface area (Å²) in [6.07, 6.45) is 2.75. The SMILES string of the molecule is Cc1nc(N(C)C)ncc1C(=O)N1CCC[C@H](O)C1. The summed E-state index contributed by atoms with van der Waals surface area (Å²) in [5.74, 6) is 0.495. The van der Waals surface area contributed by atoms with Crippen molar-refractivity contribution >= 4 is 11.9 Å². The second-order valence-corrected chi connectivity index (χ2v) is 5.11. The number of hydrogen-bond acceptors (Lipinski definition) is 5. The number of aryl methyl sites for hydroxylation is 1. The highest BCUT2D eigenvalue weighted by Crippen LogP contribution is 2.16. The summed E-state index contributed by atoms with van der Waals surface area (Å²) in [5, 5.41) is 9.63. The van der Waals surface area contributed by atoms with Gasteiger partial charge in [-0.2, -0.15) is 0 Å². The minimum Gasteiger partial charge on any atom is -0.391 e. The fraction of sp³-hybridized carbons (Fsp3) is 0.615. The molecule has 1 atom stereocenters. The number of hydrogen-bond donors (Lipinski definition) is 1. The maximum atomic E-state index is 12.4. The van der Waals surface area contributed by atoms with Gasteiger partial charge in [-0.25, -0.2) is 9.97 Å². The van der Waals surface area contributed by atoms with Crippen molar-refractivity contribution in [1.82, 2.24) is 14.9 Å². The molecule has 0 saturated carbocycles. The van der Waals surface area contributed by atoms with Crippen molar-refractivity contribution in [3.8, 4) is 0 Å². The largest absolute Gasteiger partial charge is 0.391 e. The van der Waals surface area contributed by atoms with E-state index in [0.717, 1.165) is 12.8 Å². The molecule has 19 heavy (non-hydrogen) atoms. The van der Waals surface area contributed by atoms with Gasteiger partial charge in [-0.1, -0.05) is 0 Å². The van der Waals surface area contributed by atoms with E-state index in [0.29, 0.717) is 30.3 Å². The van der Waals surface area contributed by atoms with E-state index in [9.17, 15) is 9.90 Å². The van der Waals surface area contributed by atoms with Gasteiger partial charge in [0.05, 0.1) is 17.4 Å². The molecule has 0 spiro atoms. The van der Waals surface area contributed by atoms with Gasteiger partial charge in [-0.3, -0.25) is 4.79 Å². The van der Waals surface area contributed by atoms with Crippen LogP contribution in [0.2, 0.25) is 0 Å². The van der Waals surface area contributed by atoms with Crippen LogP contribution >= 0.6 is 0 Å². The Morgan fingerprint density at radius 3 is 2.84 bits per heavy atom. The molecule has 6 nitrogen and oxygen atoms in total. The highest BCUT2D eigenvalue weighted by atomic mass is 16.3. The zero-order valence-electron chi connectivity index (χ0n) is 11.6. The second-order valence-electron chi connectivity index (χ2n) is 5.11. The summed E-state index contributed by atoms with van der Waals surface area (Å²) in [7, 11) is 3.72. The Morgan fingerprint density at radius 2 is 2.26 bits per heavy atom. The molecule has 1 saturated heterocycles. The molecule has 1 amide bonds. The van der Waals surface area contributed by atoms with Crippen LogP contribution in [0.25, 0.3) is 0 Å². The van der Waals surface area contributed by atoms with Crippen molar-refractivity contribution in [3.05, 3.63) is 17.5 Å². The molecular weight excluding hydrogens is 244 g/mol. The molecule has 0 radical (unpaired) electrons. The number of rotatable bonds is 2. The number of nitrogens with zero attached hydrogens (tertiary/aromatic N) is 4. The first kappa shape index (κ1) is 13.7. The minimum atomic E-state index is -0.417. The summed E-state index contributed by atoms with van der Waals surface area (Å²) in [6, 6.07) is 0. The lowest BCUT2D eigenvalue weighted by molar-refractivity contribution is 0.0472. The van der Waals surface area contributed by atoms with Crippen molar-refractivity contribution in [3.63, 3.8) is 0 Å². The molecule has 0 aliphatic carbocycles. The number of likely N-dealkylation sites (tertiary alicyclic amines) is 1. The number of piperidine rings is 1. The first-order valence-electron chi connectivity index (χ1n) is 6.47. The van der Waals surface area contributed by atoms with Crippen LogP contribution in [0.1, 0.15) is 28.9 Å². The Bertz CT molecular complexity index is 476. The average molecular weight is 264 g/mol. The summed E-state index contributed by atoms with van der Waals surface area (Å²) in [5.41, 5.74) is 1.18. The Kier molecular flexibility index (Phi) is 3.99. The molecule has 1 N–H and O–H groups in total. The molecule has 6 heteroatoms. The highest BCUT2D eigenvalue weighted by Gasteiger charge is 2.24. The quantitative estimate of drug-likeness (QED) is 0.840. The molecule has 0 aromatic carbocycles. The van der Waals surface area contributed by atoms with Crippen molar-refractivity contribution < 1.29 is 9.90 Å². The first-order chi connectivity index (χ1) is 8.99. The third kappa shape index (κ3) is 3.01. The lowest BCUT2D eigenvalue weighted by Gasteiger charge is -2.30. The monoisotopic (exact) mass is 264 g/mol. The zero-order chi connectivity index (χ0) is 14.0. The van der Waals surface area contributed by atoms with E-state index in [4.69, 9.17) is 0 Å². The Labute approximate surface area is 113 Å². The summed E-state index contributed by atoms with van der Waals surface area (Å²) >= 11 is 0. The number of aromatic nitrogens is 2. The molecule has 0 unspecified atom stereocenters. The summed E-state index contributed by atoms with van der Waals surface area (Å²) < 4.78 is 0. The fourth-order valence-corrected chi connectivity index (χ4v) is 2.19. The predicted molar refractivity (Wildman–Crippen MR) is 72.2 cm³/mol. The standard InChI is InChI=1S/C13H20N4O2/c1-9-11(7-14-13(15-9)16(2)3)12(19)17-6-4-5-10(18)8-17/h7,10,18H,4-6,8H2,1-3H3/t10-/m0/s1. The van der Waals surface area contributed by atoms with E-state index in [2.05, 4.69) is 9.97 Å². The van der Waals surface area contributed by atoms with Crippen LogP contribution in [0.5, 0.6) is 0 Å². The molecule has 1 aromatic heterocycles. The minimum absolute atomic E-state index is 0.0958. The van der Waals surface area contributed by atoms with E-state index in [1.165, 1.54) is 0 Å². The van der Waals surface area contributed by atoms with E-state index >= 15 is 0 Å². The number of carbonyl (C=O) groups is 1. The third-order valence-corrected chi connectivity index (χ3v) is 3.28. The molecule has 104 valence electrons. The summed E-state index contributed by atoms with van der Waals surface area (Å²) in [6.45, 7) is 2.89. The highest BCUT2D eigenvalue weighted by molar-refractivity contribution is 5.95. The van der Waals surface area contributed by atoms with Gasteiger partial charge in [0.2, 0.25) is 5.95 Å². The number of β-amino-alcohol motifs (C(OH)–C–C–N with tert-alkyl or cyclic N) is 1. The van der Waals surface area contributed by atoms with Gasteiger partial charge >= 0.3 is 0 Å². The van der Waals surface area contributed by atoms with Crippen LogP contribution in [0.3, 0.4) is 0 Å². The fourth-order valence-electron chi connectivity index (χ4n) is 2.19. The van der Waals surface area contributed by atoms with E-state index in [-0.39, 0.29) is 5.91 Å². The second kappa shape index (κ2) is 5.52. The molecule has 0 bridgehead atoms. The molecular formula is C13H20N4O2. The smallest absolute Gasteiger partial charge is 0.257 e. The molecule has 2 heterocycles. The van der Waals surface area contributed by atoms with Gasteiger partial charge < -0.3 is 14.9 Å². The van der Waals surface area contributed by atoms with E-state index in [1.807, 2.05) is 21.0 Å². The van der Waals surface area contributed by atoms with Gasteiger partial charge in [-0.15, -0.1) is 0 Å². The van der Waals surface area contributed by atoms with Gasteiger partial charge in [0.25, 0.3) is 5.91 Å². The number of amides is 1. The number of aliphatic hydroxyl groups is 1. The lowest BCUT2D eigenvalue weighted by Crippen LogP contribution is -2.42. The topological polar surface area (TPSA) is 69.6 Å². The molecule has 1 aliphatic rings. The molecule has 1 fully saturated rings. The first-order valence-corrected chi connectivity index (χ1v) is 6.47. The average Bonchev–Trinajstić information content (AvgIpc) is 2.37. The van der Waals surface area contributed by atoms with Crippen LogP contribution < -0.4 is 4.90 Å². The Morgan fingerprint density at radius 1 is 1.53 bits per heavy atom. The number of aliphatic hydroxyl groups excluding tert-OH is 1. The van der Waals surface area contributed by atoms with Crippen LogP contribution in [-0.2, 0) is 0 Å². The van der Waals surface area contributed by atoms with Crippen LogP contribution in [0.4, 0.5) is 5.95 Å². The van der Waals surface area contributed by atoms with E-state index < -0.39 is 6.10 Å². The van der Waals surface area contributed by atoms with Crippen LogP contribution in [0.15, 0.2) is 6.20 Å². The maximum Gasteiger partial charge on any atom is 0.257 e. The normalized spacial score (nSPS) is 19.4. The predicted octanol–water partition coefficient (Wildman–Crippen LogP) is 0.448. The van der Waals surface area contributed by atoms with Gasteiger partial charge in [0.15, 0.2) is 0 Å². The zero-order valence-corrected chi connectivity index (χ0v) is 11.6. The van der Waals surface area contributed by atoms with E-state index in [1.54, 1.807) is 16.0 Å². The van der Waals surface area contributed by atoms with Gasteiger partial charge in [0.1, 0.15) is 0 Å². The Balaban J connectivity index is 2.19. The molecule has 1 aliphatic heterocycles. The molecule has 2 rings (SSSR count).